The molecule has 1 aromatic carbocycles. The van der Waals surface area contributed by atoms with Crippen molar-refractivity contribution in [3.63, 3.8) is 0 Å². The van der Waals surface area contributed by atoms with Crippen LogP contribution in [0.1, 0.15) is 78.7 Å². The van der Waals surface area contributed by atoms with Crippen molar-refractivity contribution in [2.45, 2.75) is 84.8 Å². The predicted molar refractivity (Wildman–Crippen MR) is 140 cm³/mol. The molecule has 12 nitrogen and oxygen atoms in total. The third kappa shape index (κ3) is 12.7. The molecule has 3 atom stereocenters. The largest absolute Gasteiger partial charge is 0.513 e. The van der Waals surface area contributed by atoms with E-state index in [2.05, 4.69) is 0 Å². The fourth-order valence-corrected chi connectivity index (χ4v) is 3.36. The molecule has 0 aliphatic carbocycles. The van der Waals surface area contributed by atoms with Crippen LogP contribution in [-0.2, 0) is 23.7 Å². The first-order valence-electron chi connectivity index (χ1n) is 13.0. The highest BCUT2D eigenvalue weighted by Gasteiger charge is 2.33. The first-order valence-corrected chi connectivity index (χ1v) is 13.0. The highest BCUT2D eigenvalue weighted by molar-refractivity contribution is 5.75. The maximum atomic E-state index is 12.3. The first kappa shape index (κ1) is 33.5. The van der Waals surface area contributed by atoms with Gasteiger partial charge in [-0.05, 0) is 57.2 Å². The molecule has 39 heavy (non-hydrogen) atoms. The molecule has 12 heteroatoms. The summed E-state index contributed by atoms with van der Waals surface area (Å²) >= 11 is 0. The Labute approximate surface area is 229 Å². The van der Waals surface area contributed by atoms with E-state index in [1.165, 1.54) is 18.2 Å². The second-order valence-corrected chi connectivity index (χ2v) is 9.96. The van der Waals surface area contributed by atoms with Crippen molar-refractivity contribution in [1.29, 1.82) is 0 Å². The lowest BCUT2D eigenvalue weighted by atomic mass is 9.82. The number of ether oxygens (including phenoxy) is 6. The van der Waals surface area contributed by atoms with Gasteiger partial charge in [0.1, 0.15) is 11.6 Å². The number of aliphatic carboxylic acids is 1. The number of carboxylic acid groups (broad SMARTS) is 1. The van der Waals surface area contributed by atoms with E-state index in [-0.39, 0.29) is 31.3 Å². The Morgan fingerprint density at radius 2 is 1.41 bits per heavy atom. The summed E-state index contributed by atoms with van der Waals surface area (Å²) < 4.78 is 30.9. The standard InChI is InChI=1S/C27H41NO11/c1-7-9-13-34-24(31)37-19-12-11-18(15-20(19)38-25(32)35-14-10-8-2)21(22(28)23(29)30)17(3)16-36-26(33)39-27(4,5)6/h11-12,15,17,21-22H,7-10,13-14,16,28H2,1-6H3,(H,29,30)/t17?,21?,22-/m0/s1. The lowest BCUT2D eigenvalue weighted by Crippen LogP contribution is -2.41. The molecule has 0 spiro atoms. The fourth-order valence-electron chi connectivity index (χ4n) is 3.36. The molecule has 1 aromatic rings. The molecule has 220 valence electrons. The Hall–Kier alpha value is -3.54. The van der Waals surface area contributed by atoms with E-state index in [1.54, 1.807) is 27.7 Å². The number of unbranched alkanes of at least 4 members (excludes halogenated alkanes) is 2. The molecule has 1 rings (SSSR count). The predicted octanol–water partition coefficient (Wildman–Crippen LogP) is 5.40. The molecule has 0 amide bonds. The molecule has 0 heterocycles. The van der Waals surface area contributed by atoms with Crippen LogP contribution >= 0.6 is 0 Å². The topological polar surface area (TPSA) is 170 Å². The van der Waals surface area contributed by atoms with E-state index < -0.39 is 47.9 Å². The molecule has 0 bridgehead atoms. The summed E-state index contributed by atoms with van der Waals surface area (Å²) in [6, 6.07) is 2.71. The maximum absolute atomic E-state index is 12.3. The van der Waals surface area contributed by atoms with Crippen LogP contribution in [0.2, 0.25) is 0 Å². The minimum absolute atomic E-state index is 0.121. The van der Waals surface area contributed by atoms with Gasteiger partial charge in [-0.2, -0.15) is 0 Å². The van der Waals surface area contributed by atoms with Crippen LogP contribution in [0.4, 0.5) is 14.4 Å². The van der Waals surface area contributed by atoms with Gasteiger partial charge in [0.25, 0.3) is 0 Å². The number of hydrogen-bond acceptors (Lipinski definition) is 11. The monoisotopic (exact) mass is 555 g/mol. The molecule has 0 aliphatic rings. The molecular weight excluding hydrogens is 514 g/mol. The number of rotatable bonds is 14. The minimum Gasteiger partial charge on any atom is -0.480 e. The lowest BCUT2D eigenvalue weighted by molar-refractivity contribution is -0.139. The average molecular weight is 556 g/mol. The number of carboxylic acids is 1. The molecule has 3 N–H and O–H groups in total. The van der Waals surface area contributed by atoms with Crippen LogP contribution in [0.25, 0.3) is 0 Å². The highest BCUT2D eigenvalue weighted by Crippen LogP contribution is 2.36. The summed E-state index contributed by atoms with van der Waals surface area (Å²) in [7, 11) is 0. The number of carbonyl (C=O) groups is 4. The quantitative estimate of drug-likeness (QED) is 0.130. The number of benzene rings is 1. The molecular formula is C27H41NO11. The van der Waals surface area contributed by atoms with Crippen molar-refractivity contribution in [2.24, 2.45) is 11.7 Å². The van der Waals surface area contributed by atoms with Gasteiger partial charge in [-0.3, -0.25) is 4.79 Å². The van der Waals surface area contributed by atoms with E-state index >= 15 is 0 Å². The number of hydrogen-bond donors (Lipinski definition) is 2. The van der Waals surface area contributed by atoms with Crippen LogP contribution in [0.15, 0.2) is 18.2 Å². The fraction of sp³-hybridized carbons (Fsp3) is 0.630. The Morgan fingerprint density at radius 1 is 0.872 bits per heavy atom. The van der Waals surface area contributed by atoms with Crippen LogP contribution < -0.4 is 15.2 Å². The third-order valence-electron chi connectivity index (χ3n) is 5.31. The van der Waals surface area contributed by atoms with Crippen LogP contribution in [0.3, 0.4) is 0 Å². The van der Waals surface area contributed by atoms with Gasteiger partial charge >= 0.3 is 24.4 Å². The minimum atomic E-state index is -1.42. The second-order valence-electron chi connectivity index (χ2n) is 9.96. The van der Waals surface area contributed by atoms with Crippen molar-refractivity contribution < 1.29 is 52.7 Å². The zero-order chi connectivity index (χ0) is 29.6. The van der Waals surface area contributed by atoms with Gasteiger partial charge in [0.05, 0.1) is 19.8 Å². The third-order valence-corrected chi connectivity index (χ3v) is 5.31. The zero-order valence-electron chi connectivity index (χ0n) is 23.5. The van der Waals surface area contributed by atoms with Gasteiger partial charge in [-0.15, -0.1) is 0 Å². The second kappa shape index (κ2) is 16.4. The summed E-state index contributed by atoms with van der Waals surface area (Å²) in [4.78, 5) is 48.3. The normalized spacial score (nSPS) is 13.4. The summed E-state index contributed by atoms with van der Waals surface area (Å²) in [5.41, 5.74) is 5.56. The van der Waals surface area contributed by atoms with Gasteiger partial charge in [-0.25, -0.2) is 14.4 Å². The van der Waals surface area contributed by atoms with Crippen LogP contribution in [-0.4, -0.2) is 61.0 Å². The summed E-state index contributed by atoms with van der Waals surface area (Å²) in [6.07, 6.45) is -0.101. The van der Waals surface area contributed by atoms with E-state index in [1.807, 2.05) is 13.8 Å². The lowest BCUT2D eigenvalue weighted by Gasteiger charge is -2.28. The molecule has 0 radical (unpaired) electrons. The van der Waals surface area contributed by atoms with E-state index in [9.17, 15) is 24.3 Å². The van der Waals surface area contributed by atoms with Crippen molar-refractivity contribution >= 4 is 24.4 Å². The van der Waals surface area contributed by atoms with Gasteiger partial charge in [-0.1, -0.05) is 39.7 Å². The van der Waals surface area contributed by atoms with E-state index in [4.69, 9.17) is 34.2 Å². The Morgan fingerprint density at radius 3 is 1.90 bits per heavy atom. The van der Waals surface area contributed by atoms with E-state index in [0.717, 1.165) is 12.8 Å². The van der Waals surface area contributed by atoms with Crippen molar-refractivity contribution in [3.8, 4) is 11.5 Å². The Bertz CT molecular complexity index is 958. The molecule has 0 aliphatic heterocycles. The first-order chi connectivity index (χ1) is 18.3. The molecule has 0 saturated heterocycles. The molecule has 0 saturated carbocycles. The molecule has 2 unspecified atom stereocenters. The van der Waals surface area contributed by atoms with Crippen LogP contribution in [0.5, 0.6) is 11.5 Å². The Balaban J connectivity index is 3.28. The summed E-state index contributed by atoms with van der Waals surface area (Å²) in [5, 5.41) is 9.66. The SMILES string of the molecule is CCCCOC(=O)Oc1ccc(C(C(C)COC(=O)OC(C)(C)C)[C@H](N)C(=O)O)cc1OC(=O)OCCCC. The number of nitrogens with two attached hydrogens (primary N) is 1. The Kier molecular flexibility index (Phi) is 14.1. The van der Waals surface area contributed by atoms with E-state index in [0.29, 0.717) is 18.4 Å². The van der Waals surface area contributed by atoms with Crippen molar-refractivity contribution in [3.05, 3.63) is 23.8 Å². The highest BCUT2D eigenvalue weighted by atomic mass is 16.7. The zero-order valence-corrected chi connectivity index (χ0v) is 23.5. The van der Waals surface area contributed by atoms with Gasteiger partial charge in [0.15, 0.2) is 11.5 Å². The maximum Gasteiger partial charge on any atom is 0.513 e. The van der Waals surface area contributed by atoms with Gasteiger partial charge < -0.3 is 39.3 Å². The summed E-state index contributed by atoms with van der Waals surface area (Å²) in [6.45, 7) is 10.6. The van der Waals surface area contributed by atoms with Crippen molar-refractivity contribution in [1.82, 2.24) is 0 Å². The van der Waals surface area contributed by atoms with Crippen molar-refractivity contribution in [2.75, 3.05) is 19.8 Å². The van der Waals surface area contributed by atoms with Crippen LogP contribution in [0, 0.1) is 5.92 Å². The number of carbonyl (C=O) groups excluding carboxylic acids is 3. The smallest absolute Gasteiger partial charge is 0.480 e. The van der Waals surface area contributed by atoms with Gasteiger partial charge in [0, 0.05) is 5.92 Å². The average Bonchev–Trinajstić information content (AvgIpc) is 2.83. The molecule has 0 aromatic heterocycles. The summed E-state index contributed by atoms with van der Waals surface area (Å²) in [5.74, 6) is -3.17. The molecule has 0 fully saturated rings. The van der Waals surface area contributed by atoms with Gasteiger partial charge in [0.2, 0.25) is 0 Å².